The van der Waals surface area contributed by atoms with Crippen LogP contribution in [0.3, 0.4) is 0 Å². The molecule has 0 aromatic carbocycles. The van der Waals surface area contributed by atoms with Crippen molar-refractivity contribution in [2.24, 2.45) is 5.41 Å². The van der Waals surface area contributed by atoms with Gasteiger partial charge in [0.2, 0.25) is 5.91 Å². The van der Waals surface area contributed by atoms with Crippen LogP contribution in [0.4, 0.5) is 5.82 Å². The largest absolute Gasteiger partial charge is 0.353 e. The van der Waals surface area contributed by atoms with Crippen molar-refractivity contribution in [1.82, 2.24) is 29.5 Å². The summed E-state index contributed by atoms with van der Waals surface area (Å²) < 4.78 is 1.86. The first kappa shape index (κ1) is 25.2. The first-order valence-electron chi connectivity index (χ1n) is 13.4. The standard InChI is InChI=1S/C29H39N7O/c1-18(2)25-26(21-16-36-28(30-17-31-36)20(4)19(21)3)32-22-8-9-23(33-27(22)25)34-12-14-35(15-13-34)24(37)10-11-29(5,6)7/h8-9,16-18,32H,10-15H2,1-7H3. The molecule has 1 amide bonds. The molecule has 1 aliphatic heterocycles. The fourth-order valence-electron chi connectivity index (χ4n) is 5.31. The van der Waals surface area contributed by atoms with Gasteiger partial charge in [-0.15, -0.1) is 0 Å². The van der Waals surface area contributed by atoms with Crippen LogP contribution in [0.1, 0.15) is 70.1 Å². The lowest BCUT2D eigenvalue weighted by Crippen LogP contribution is -2.49. The van der Waals surface area contributed by atoms with Crippen molar-refractivity contribution in [3.8, 4) is 11.3 Å². The summed E-state index contributed by atoms with van der Waals surface area (Å²) in [6, 6.07) is 4.24. The second-order valence-electron chi connectivity index (χ2n) is 11.9. The monoisotopic (exact) mass is 501 g/mol. The summed E-state index contributed by atoms with van der Waals surface area (Å²) in [5.41, 5.74) is 8.89. The number of piperazine rings is 1. The van der Waals surface area contributed by atoms with E-state index in [0.717, 1.165) is 71.9 Å². The minimum absolute atomic E-state index is 0.179. The molecule has 5 rings (SSSR count). The summed E-state index contributed by atoms with van der Waals surface area (Å²) in [6.07, 6.45) is 5.21. The van der Waals surface area contributed by atoms with Gasteiger partial charge in [-0.3, -0.25) is 4.79 Å². The second-order valence-corrected chi connectivity index (χ2v) is 11.9. The highest BCUT2D eigenvalue weighted by atomic mass is 16.2. The molecule has 1 saturated heterocycles. The zero-order valence-corrected chi connectivity index (χ0v) is 23.2. The van der Waals surface area contributed by atoms with Gasteiger partial charge in [0, 0.05) is 49.9 Å². The van der Waals surface area contributed by atoms with E-state index in [9.17, 15) is 4.79 Å². The van der Waals surface area contributed by atoms with Crippen LogP contribution in [-0.2, 0) is 4.79 Å². The third-order valence-electron chi connectivity index (χ3n) is 7.68. The quantitative estimate of drug-likeness (QED) is 0.391. The summed E-state index contributed by atoms with van der Waals surface area (Å²) in [6.45, 7) is 18.3. The number of nitrogens with one attached hydrogen (secondary N) is 1. The van der Waals surface area contributed by atoms with Crippen LogP contribution < -0.4 is 4.90 Å². The molecule has 0 aliphatic carbocycles. The predicted octanol–water partition coefficient (Wildman–Crippen LogP) is 5.49. The maximum absolute atomic E-state index is 12.7. The Labute approximate surface area is 219 Å². The van der Waals surface area contributed by atoms with Crippen LogP contribution in [0.2, 0.25) is 0 Å². The number of pyridine rings is 2. The minimum atomic E-state index is 0.179. The number of aromatic amines is 1. The van der Waals surface area contributed by atoms with Gasteiger partial charge in [0.25, 0.3) is 0 Å². The fraction of sp³-hybridized carbons (Fsp3) is 0.517. The van der Waals surface area contributed by atoms with Gasteiger partial charge in [-0.1, -0.05) is 34.6 Å². The number of anilines is 1. The highest BCUT2D eigenvalue weighted by Gasteiger charge is 2.25. The maximum Gasteiger partial charge on any atom is 0.222 e. The Bertz CT molecular complexity index is 1450. The summed E-state index contributed by atoms with van der Waals surface area (Å²) in [4.78, 5) is 30.3. The van der Waals surface area contributed by atoms with Crippen LogP contribution in [0.5, 0.6) is 0 Å². The maximum atomic E-state index is 12.7. The molecule has 5 heterocycles. The Morgan fingerprint density at radius 1 is 1.08 bits per heavy atom. The molecule has 0 saturated carbocycles. The van der Waals surface area contributed by atoms with Gasteiger partial charge in [-0.25, -0.2) is 14.5 Å². The number of aromatic nitrogens is 5. The molecule has 0 radical (unpaired) electrons. The van der Waals surface area contributed by atoms with E-state index >= 15 is 0 Å². The lowest BCUT2D eigenvalue weighted by atomic mass is 9.90. The summed E-state index contributed by atoms with van der Waals surface area (Å²) >= 11 is 0. The van der Waals surface area contributed by atoms with Crippen molar-refractivity contribution >= 4 is 28.4 Å². The van der Waals surface area contributed by atoms with Crippen molar-refractivity contribution in [2.45, 2.75) is 67.2 Å². The number of hydrogen-bond donors (Lipinski definition) is 1. The van der Waals surface area contributed by atoms with Crippen LogP contribution in [0.25, 0.3) is 27.9 Å². The van der Waals surface area contributed by atoms with E-state index in [-0.39, 0.29) is 17.2 Å². The molecule has 196 valence electrons. The van der Waals surface area contributed by atoms with Gasteiger partial charge in [-0.2, -0.15) is 5.10 Å². The molecule has 1 N–H and O–H groups in total. The molecular weight excluding hydrogens is 462 g/mol. The van der Waals surface area contributed by atoms with E-state index in [0.29, 0.717) is 6.42 Å². The number of amides is 1. The Morgan fingerprint density at radius 2 is 1.81 bits per heavy atom. The van der Waals surface area contributed by atoms with Crippen molar-refractivity contribution in [2.75, 3.05) is 31.1 Å². The summed E-state index contributed by atoms with van der Waals surface area (Å²) in [5, 5.41) is 4.39. The highest BCUT2D eigenvalue weighted by Crippen LogP contribution is 2.38. The second kappa shape index (κ2) is 9.47. The zero-order valence-electron chi connectivity index (χ0n) is 23.2. The molecule has 4 aromatic rings. The Morgan fingerprint density at radius 3 is 2.49 bits per heavy atom. The Kier molecular flexibility index (Phi) is 6.46. The van der Waals surface area contributed by atoms with Crippen molar-refractivity contribution < 1.29 is 4.79 Å². The molecule has 8 heteroatoms. The van der Waals surface area contributed by atoms with Crippen molar-refractivity contribution in [3.63, 3.8) is 0 Å². The lowest BCUT2D eigenvalue weighted by Gasteiger charge is -2.36. The van der Waals surface area contributed by atoms with Crippen molar-refractivity contribution in [1.29, 1.82) is 0 Å². The topological polar surface area (TPSA) is 82.4 Å². The molecule has 4 aromatic heterocycles. The molecule has 37 heavy (non-hydrogen) atoms. The van der Waals surface area contributed by atoms with E-state index in [1.807, 2.05) is 9.42 Å². The molecule has 0 unspecified atom stereocenters. The van der Waals surface area contributed by atoms with E-state index in [4.69, 9.17) is 4.98 Å². The number of rotatable bonds is 5. The molecule has 0 spiro atoms. The van der Waals surface area contributed by atoms with E-state index in [1.54, 1.807) is 6.33 Å². The van der Waals surface area contributed by atoms with Gasteiger partial charge in [-0.05, 0) is 54.9 Å². The first-order valence-corrected chi connectivity index (χ1v) is 13.4. The first-order chi connectivity index (χ1) is 17.5. The number of carbonyl (C=O) groups is 1. The number of H-pyrrole nitrogens is 1. The highest BCUT2D eigenvalue weighted by molar-refractivity contribution is 5.90. The molecule has 1 aliphatic rings. The number of hydrogen-bond acceptors (Lipinski definition) is 5. The normalized spacial score (nSPS) is 14.9. The third-order valence-corrected chi connectivity index (χ3v) is 7.68. The number of fused-ring (bicyclic) bond motifs is 2. The molecular formula is C29H39N7O. The van der Waals surface area contributed by atoms with Gasteiger partial charge >= 0.3 is 0 Å². The predicted molar refractivity (Wildman–Crippen MR) is 149 cm³/mol. The zero-order chi connectivity index (χ0) is 26.5. The molecule has 1 fully saturated rings. The molecule has 0 atom stereocenters. The summed E-state index contributed by atoms with van der Waals surface area (Å²) in [7, 11) is 0. The Hall–Kier alpha value is -3.42. The average Bonchev–Trinajstić information content (AvgIpc) is 3.48. The number of carbonyl (C=O) groups excluding carboxylic acids is 1. The molecule has 8 nitrogen and oxygen atoms in total. The summed E-state index contributed by atoms with van der Waals surface area (Å²) in [5.74, 6) is 1.53. The fourth-order valence-corrected chi connectivity index (χ4v) is 5.31. The SMILES string of the molecule is Cc1c(-c2[nH]c3ccc(N4CCN(C(=O)CCC(C)(C)C)CC4)nc3c2C(C)C)cn2ncnc2c1C. The van der Waals surface area contributed by atoms with Crippen LogP contribution >= 0.6 is 0 Å². The van der Waals surface area contributed by atoms with E-state index in [1.165, 1.54) is 11.1 Å². The van der Waals surface area contributed by atoms with Crippen molar-refractivity contribution in [3.05, 3.63) is 41.3 Å². The van der Waals surface area contributed by atoms with Crippen LogP contribution in [-0.4, -0.2) is 61.6 Å². The van der Waals surface area contributed by atoms with E-state index in [2.05, 4.69) is 86.8 Å². The van der Waals surface area contributed by atoms with Crippen LogP contribution in [0, 0.1) is 19.3 Å². The average molecular weight is 502 g/mol. The van der Waals surface area contributed by atoms with Gasteiger partial charge in [0.1, 0.15) is 12.1 Å². The smallest absolute Gasteiger partial charge is 0.222 e. The Balaban J connectivity index is 1.43. The van der Waals surface area contributed by atoms with Crippen LogP contribution in [0.15, 0.2) is 24.7 Å². The molecule has 0 bridgehead atoms. The third kappa shape index (κ3) is 4.81. The lowest BCUT2D eigenvalue weighted by molar-refractivity contribution is -0.132. The number of aryl methyl sites for hydroxylation is 1. The number of nitrogens with zero attached hydrogens (tertiary/aromatic N) is 6. The van der Waals surface area contributed by atoms with Gasteiger partial charge in [0.15, 0.2) is 5.65 Å². The van der Waals surface area contributed by atoms with Gasteiger partial charge < -0.3 is 14.8 Å². The van der Waals surface area contributed by atoms with Gasteiger partial charge in [0.05, 0.1) is 16.7 Å². The minimum Gasteiger partial charge on any atom is -0.353 e. The van der Waals surface area contributed by atoms with E-state index < -0.39 is 0 Å².